The van der Waals surface area contributed by atoms with Crippen LogP contribution in [0.4, 0.5) is 10.1 Å². The lowest BCUT2D eigenvalue weighted by Crippen LogP contribution is -2.31. The Morgan fingerprint density at radius 1 is 1.35 bits per heavy atom. The Kier molecular flexibility index (Phi) is 5.80. The SMILES string of the molecule is CC(C)OCCCNCCN1CCc2ccc(F)cc21. The first kappa shape index (κ1) is 15.3. The molecule has 2 rings (SSSR count). The summed E-state index contributed by atoms with van der Waals surface area (Å²) < 4.78 is 18.8. The summed E-state index contributed by atoms with van der Waals surface area (Å²) in [5.41, 5.74) is 2.33. The molecule has 20 heavy (non-hydrogen) atoms. The molecular weight excluding hydrogens is 255 g/mol. The summed E-state index contributed by atoms with van der Waals surface area (Å²) in [7, 11) is 0. The molecule has 1 aliphatic heterocycles. The maximum Gasteiger partial charge on any atom is 0.125 e. The van der Waals surface area contributed by atoms with Crippen LogP contribution in [-0.4, -0.2) is 38.9 Å². The first-order valence-electron chi connectivity index (χ1n) is 7.52. The van der Waals surface area contributed by atoms with Crippen LogP contribution >= 0.6 is 0 Å². The summed E-state index contributed by atoms with van der Waals surface area (Å²) in [6.45, 7) is 8.74. The van der Waals surface area contributed by atoms with Gasteiger partial charge in [-0.25, -0.2) is 4.39 Å². The van der Waals surface area contributed by atoms with Crippen LogP contribution in [0.15, 0.2) is 18.2 Å². The van der Waals surface area contributed by atoms with Crippen molar-refractivity contribution in [2.75, 3.05) is 37.7 Å². The molecule has 1 aliphatic rings. The molecule has 1 heterocycles. The minimum atomic E-state index is -0.144. The largest absolute Gasteiger partial charge is 0.379 e. The fourth-order valence-electron chi connectivity index (χ4n) is 2.51. The topological polar surface area (TPSA) is 24.5 Å². The lowest BCUT2D eigenvalue weighted by molar-refractivity contribution is 0.0771. The minimum Gasteiger partial charge on any atom is -0.379 e. The van der Waals surface area contributed by atoms with E-state index in [0.717, 1.165) is 51.3 Å². The molecule has 1 N–H and O–H groups in total. The van der Waals surface area contributed by atoms with Gasteiger partial charge in [-0.3, -0.25) is 0 Å². The average molecular weight is 280 g/mol. The van der Waals surface area contributed by atoms with Crippen molar-refractivity contribution >= 4 is 5.69 Å². The minimum absolute atomic E-state index is 0.144. The van der Waals surface area contributed by atoms with E-state index in [0.29, 0.717) is 6.10 Å². The Morgan fingerprint density at radius 2 is 2.20 bits per heavy atom. The van der Waals surface area contributed by atoms with Crippen LogP contribution < -0.4 is 10.2 Å². The van der Waals surface area contributed by atoms with Crippen LogP contribution in [0.3, 0.4) is 0 Å². The summed E-state index contributed by atoms with van der Waals surface area (Å²) in [6, 6.07) is 5.11. The van der Waals surface area contributed by atoms with Crippen molar-refractivity contribution in [1.29, 1.82) is 0 Å². The van der Waals surface area contributed by atoms with Gasteiger partial charge in [0, 0.05) is 31.9 Å². The zero-order valence-corrected chi connectivity index (χ0v) is 12.5. The van der Waals surface area contributed by atoms with E-state index in [9.17, 15) is 4.39 Å². The standard InChI is InChI=1S/C16H25FN2O/c1-13(2)20-11-3-7-18-8-10-19-9-6-14-4-5-15(17)12-16(14)19/h4-5,12-13,18H,3,6-11H2,1-2H3. The van der Waals surface area contributed by atoms with E-state index in [-0.39, 0.29) is 5.82 Å². The lowest BCUT2D eigenvalue weighted by Gasteiger charge is -2.19. The van der Waals surface area contributed by atoms with Gasteiger partial charge in [0.2, 0.25) is 0 Å². The Balaban J connectivity index is 1.63. The number of nitrogens with one attached hydrogen (secondary N) is 1. The predicted molar refractivity (Wildman–Crippen MR) is 80.9 cm³/mol. The second-order valence-corrected chi connectivity index (χ2v) is 5.53. The van der Waals surface area contributed by atoms with Crippen LogP contribution in [0, 0.1) is 5.82 Å². The number of hydrogen-bond acceptors (Lipinski definition) is 3. The van der Waals surface area contributed by atoms with Crippen molar-refractivity contribution in [2.45, 2.75) is 32.8 Å². The van der Waals surface area contributed by atoms with E-state index in [2.05, 4.69) is 24.1 Å². The fourth-order valence-corrected chi connectivity index (χ4v) is 2.51. The average Bonchev–Trinajstić information content (AvgIpc) is 2.80. The van der Waals surface area contributed by atoms with Crippen LogP contribution in [0.1, 0.15) is 25.8 Å². The van der Waals surface area contributed by atoms with Gasteiger partial charge in [-0.15, -0.1) is 0 Å². The van der Waals surface area contributed by atoms with Gasteiger partial charge in [0.15, 0.2) is 0 Å². The third kappa shape index (κ3) is 4.46. The summed E-state index contributed by atoms with van der Waals surface area (Å²) in [4.78, 5) is 2.26. The molecule has 0 unspecified atom stereocenters. The van der Waals surface area contributed by atoms with E-state index < -0.39 is 0 Å². The van der Waals surface area contributed by atoms with Gasteiger partial charge in [0.05, 0.1) is 6.10 Å². The summed E-state index contributed by atoms with van der Waals surface area (Å²) in [6.07, 6.45) is 2.37. The maximum atomic E-state index is 13.3. The highest BCUT2D eigenvalue weighted by Gasteiger charge is 2.18. The zero-order valence-electron chi connectivity index (χ0n) is 12.5. The number of hydrogen-bond donors (Lipinski definition) is 1. The van der Waals surface area contributed by atoms with Crippen molar-refractivity contribution in [3.05, 3.63) is 29.6 Å². The summed E-state index contributed by atoms with van der Waals surface area (Å²) in [5, 5.41) is 3.42. The van der Waals surface area contributed by atoms with Crippen molar-refractivity contribution in [3.8, 4) is 0 Å². The van der Waals surface area contributed by atoms with Crippen LogP contribution in [-0.2, 0) is 11.2 Å². The molecule has 0 spiro atoms. The first-order chi connectivity index (χ1) is 9.66. The highest BCUT2D eigenvalue weighted by Crippen LogP contribution is 2.27. The van der Waals surface area contributed by atoms with Gasteiger partial charge in [-0.2, -0.15) is 0 Å². The van der Waals surface area contributed by atoms with E-state index >= 15 is 0 Å². The van der Waals surface area contributed by atoms with Gasteiger partial charge in [-0.1, -0.05) is 6.07 Å². The number of halogens is 1. The molecule has 112 valence electrons. The molecule has 0 radical (unpaired) electrons. The molecule has 0 saturated heterocycles. The van der Waals surface area contributed by atoms with Gasteiger partial charge in [-0.05, 0) is 50.9 Å². The monoisotopic (exact) mass is 280 g/mol. The van der Waals surface area contributed by atoms with Crippen LogP contribution in [0.2, 0.25) is 0 Å². The molecule has 1 aromatic rings. The quantitative estimate of drug-likeness (QED) is 0.741. The Labute approximate surface area is 121 Å². The van der Waals surface area contributed by atoms with Gasteiger partial charge >= 0.3 is 0 Å². The highest BCUT2D eigenvalue weighted by molar-refractivity contribution is 5.58. The Hall–Kier alpha value is -1.13. The van der Waals surface area contributed by atoms with Crippen molar-refractivity contribution in [1.82, 2.24) is 5.32 Å². The van der Waals surface area contributed by atoms with E-state index in [1.807, 2.05) is 6.07 Å². The third-order valence-corrected chi connectivity index (χ3v) is 3.55. The third-order valence-electron chi connectivity index (χ3n) is 3.55. The number of benzene rings is 1. The van der Waals surface area contributed by atoms with Crippen molar-refractivity contribution in [3.63, 3.8) is 0 Å². The molecular formula is C16H25FN2O. The van der Waals surface area contributed by atoms with E-state index in [1.165, 1.54) is 5.56 Å². The molecule has 4 heteroatoms. The van der Waals surface area contributed by atoms with Gasteiger partial charge < -0.3 is 15.0 Å². The molecule has 0 amide bonds. The maximum absolute atomic E-state index is 13.3. The molecule has 0 aliphatic carbocycles. The molecule has 0 bridgehead atoms. The number of nitrogens with zero attached hydrogens (tertiary/aromatic N) is 1. The molecule has 0 fully saturated rings. The second-order valence-electron chi connectivity index (χ2n) is 5.53. The number of rotatable bonds is 8. The second kappa shape index (κ2) is 7.60. The van der Waals surface area contributed by atoms with Crippen LogP contribution in [0.25, 0.3) is 0 Å². The Morgan fingerprint density at radius 3 is 3.00 bits per heavy atom. The normalized spacial score (nSPS) is 14.1. The number of ether oxygens (including phenoxy) is 1. The van der Waals surface area contributed by atoms with Gasteiger partial charge in [0.1, 0.15) is 5.82 Å². The Bertz CT molecular complexity index is 423. The lowest BCUT2D eigenvalue weighted by atomic mass is 10.2. The van der Waals surface area contributed by atoms with E-state index in [4.69, 9.17) is 4.74 Å². The summed E-state index contributed by atoms with van der Waals surface area (Å²) in [5.74, 6) is -0.144. The van der Waals surface area contributed by atoms with Crippen molar-refractivity contribution < 1.29 is 9.13 Å². The molecule has 1 aromatic carbocycles. The highest BCUT2D eigenvalue weighted by atomic mass is 19.1. The predicted octanol–water partition coefficient (Wildman–Crippen LogP) is 2.59. The molecule has 0 atom stereocenters. The first-order valence-corrected chi connectivity index (χ1v) is 7.52. The molecule has 0 aromatic heterocycles. The molecule has 0 saturated carbocycles. The van der Waals surface area contributed by atoms with Crippen LogP contribution in [0.5, 0.6) is 0 Å². The molecule has 3 nitrogen and oxygen atoms in total. The van der Waals surface area contributed by atoms with Gasteiger partial charge in [0.25, 0.3) is 0 Å². The van der Waals surface area contributed by atoms with Crippen molar-refractivity contribution in [2.24, 2.45) is 0 Å². The smallest absolute Gasteiger partial charge is 0.125 e. The fraction of sp³-hybridized carbons (Fsp3) is 0.625. The zero-order chi connectivity index (χ0) is 14.4. The van der Waals surface area contributed by atoms with E-state index in [1.54, 1.807) is 12.1 Å². The number of anilines is 1. The summed E-state index contributed by atoms with van der Waals surface area (Å²) >= 11 is 0. The number of fused-ring (bicyclic) bond motifs is 1.